The van der Waals surface area contributed by atoms with Gasteiger partial charge in [-0.25, -0.2) is 13.4 Å². The molecule has 3 rings (SSSR count). The fourth-order valence-corrected chi connectivity index (χ4v) is 5.44. The van der Waals surface area contributed by atoms with Gasteiger partial charge in [-0.15, -0.1) is 0 Å². The van der Waals surface area contributed by atoms with E-state index in [-0.39, 0.29) is 11.7 Å². The van der Waals surface area contributed by atoms with Crippen molar-refractivity contribution in [2.75, 3.05) is 18.1 Å². The normalized spacial score (nSPS) is 24.4. The van der Waals surface area contributed by atoms with Gasteiger partial charge in [0, 0.05) is 25.8 Å². The average molecular weight is 368 g/mol. The van der Waals surface area contributed by atoms with Crippen molar-refractivity contribution < 1.29 is 8.42 Å². The molecule has 1 atom stereocenters. The number of sulfone groups is 1. The van der Waals surface area contributed by atoms with E-state index in [1.165, 1.54) is 32.1 Å². The third-order valence-corrected chi connectivity index (χ3v) is 6.84. The number of hydrogen-bond acceptors (Lipinski definition) is 4. The van der Waals surface area contributed by atoms with Gasteiger partial charge in [0.2, 0.25) is 0 Å². The van der Waals surface area contributed by atoms with Crippen LogP contribution in [0.1, 0.15) is 44.2 Å². The summed E-state index contributed by atoms with van der Waals surface area (Å²) in [4.78, 5) is 4.67. The minimum Gasteiger partial charge on any atom is -0.356 e. The number of aliphatic imine (C=N–C) groups is 1. The van der Waals surface area contributed by atoms with Crippen LogP contribution in [0.4, 0.5) is 0 Å². The summed E-state index contributed by atoms with van der Waals surface area (Å²) in [7, 11) is -0.940. The smallest absolute Gasteiger partial charge is 0.191 e. The monoisotopic (exact) mass is 367 g/mol. The van der Waals surface area contributed by atoms with E-state index >= 15 is 0 Å². The largest absolute Gasteiger partial charge is 0.356 e. The van der Waals surface area contributed by atoms with Crippen LogP contribution in [0.5, 0.6) is 0 Å². The van der Waals surface area contributed by atoms with E-state index in [2.05, 4.69) is 20.7 Å². The molecule has 1 aliphatic carbocycles. The average Bonchev–Trinajstić information content (AvgIpc) is 3.16. The third kappa shape index (κ3) is 5.73. The first-order valence-electron chi connectivity index (χ1n) is 9.24. The first kappa shape index (κ1) is 18.2. The molecule has 0 spiro atoms. The molecule has 2 fully saturated rings. The Hall–Kier alpha value is -1.57. The van der Waals surface area contributed by atoms with Gasteiger partial charge in [0.1, 0.15) is 0 Å². The Labute approximate surface area is 150 Å². The van der Waals surface area contributed by atoms with Gasteiger partial charge >= 0.3 is 0 Å². The van der Waals surface area contributed by atoms with Crippen LogP contribution < -0.4 is 10.6 Å². The molecule has 0 aromatic carbocycles. The number of rotatable bonds is 5. The molecule has 0 radical (unpaired) electrons. The fourth-order valence-electron chi connectivity index (χ4n) is 3.57. The van der Waals surface area contributed by atoms with Crippen LogP contribution >= 0.6 is 0 Å². The highest BCUT2D eigenvalue weighted by molar-refractivity contribution is 7.91. The van der Waals surface area contributed by atoms with Crippen LogP contribution in [-0.2, 0) is 23.4 Å². The molecule has 1 saturated heterocycles. The zero-order valence-corrected chi connectivity index (χ0v) is 15.8. The second kappa shape index (κ2) is 8.21. The molecule has 7 nitrogen and oxygen atoms in total. The number of nitrogens with zero attached hydrogens (tertiary/aromatic N) is 3. The van der Waals surface area contributed by atoms with Crippen molar-refractivity contribution >= 4 is 15.8 Å². The summed E-state index contributed by atoms with van der Waals surface area (Å²) in [6.07, 6.45) is 8.82. The predicted molar refractivity (Wildman–Crippen MR) is 99.1 cm³/mol. The number of nitrogens with one attached hydrogen (secondary N) is 2. The van der Waals surface area contributed by atoms with Gasteiger partial charge in [-0.2, -0.15) is 5.10 Å². The molecule has 1 aliphatic heterocycles. The maximum atomic E-state index is 11.6. The van der Waals surface area contributed by atoms with Crippen molar-refractivity contribution in [1.82, 2.24) is 20.4 Å². The lowest BCUT2D eigenvalue weighted by Gasteiger charge is -2.25. The Morgan fingerprint density at radius 2 is 2.12 bits per heavy atom. The summed E-state index contributed by atoms with van der Waals surface area (Å²) in [6, 6.07) is 2.42. The lowest BCUT2D eigenvalue weighted by molar-refractivity contribution is 0.408. The van der Waals surface area contributed by atoms with Crippen LogP contribution in [0.15, 0.2) is 17.3 Å². The van der Waals surface area contributed by atoms with Crippen molar-refractivity contribution in [2.45, 2.75) is 51.1 Å². The lowest BCUT2D eigenvalue weighted by Crippen LogP contribution is -2.45. The molecular formula is C17H29N5O2S. The van der Waals surface area contributed by atoms with E-state index < -0.39 is 9.84 Å². The van der Waals surface area contributed by atoms with E-state index in [0.717, 1.165) is 18.1 Å². The van der Waals surface area contributed by atoms with Gasteiger partial charge in [0.25, 0.3) is 0 Å². The van der Waals surface area contributed by atoms with Crippen molar-refractivity contribution in [1.29, 1.82) is 0 Å². The molecule has 1 aromatic rings. The first-order valence-corrected chi connectivity index (χ1v) is 11.1. The van der Waals surface area contributed by atoms with Crippen molar-refractivity contribution in [3.05, 3.63) is 18.0 Å². The van der Waals surface area contributed by atoms with Gasteiger partial charge in [-0.1, -0.05) is 19.3 Å². The van der Waals surface area contributed by atoms with E-state index in [1.807, 2.05) is 19.3 Å². The highest BCUT2D eigenvalue weighted by Crippen LogP contribution is 2.18. The fraction of sp³-hybridized carbons (Fsp3) is 0.765. The summed E-state index contributed by atoms with van der Waals surface area (Å²) < 4.78 is 25.0. The summed E-state index contributed by atoms with van der Waals surface area (Å²) in [5.41, 5.74) is 0.927. The number of guanidine groups is 1. The molecule has 0 amide bonds. The first-order chi connectivity index (χ1) is 12.0. The molecule has 1 aromatic heterocycles. The Morgan fingerprint density at radius 1 is 1.32 bits per heavy atom. The molecule has 1 unspecified atom stereocenters. The summed E-state index contributed by atoms with van der Waals surface area (Å²) in [5, 5.41) is 11.3. The minimum absolute atomic E-state index is 0.179. The zero-order chi connectivity index (χ0) is 17.7. The van der Waals surface area contributed by atoms with Gasteiger partial charge < -0.3 is 10.6 Å². The topological polar surface area (TPSA) is 88.4 Å². The molecule has 2 heterocycles. The maximum absolute atomic E-state index is 11.6. The molecule has 0 bridgehead atoms. The number of aryl methyl sites for hydroxylation is 1. The van der Waals surface area contributed by atoms with Crippen LogP contribution in [-0.4, -0.2) is 48.3 Å². The van der Waals surface area contributed by atoms with Crippen LogP contribution in [0.3, 0.4) is 0 Å². The Morgan fingerprint density at radius 3 is 2.76 bits per heavy atom. The minimum atomic E-state index is -2.84. The molecule has 2 N–H and O–H groups in total. The summed E-state index contributed by atoms with van der Waals surface area (Å²) >= 11 is 0. The van der Waals surface area contributed by atoms with E-state index in [0.29, 0.717) is 24.9 Å². The molecule has 1 saturated carbocycles. The van der Waals surface area contributed by atoms with Gasteiger partial charge in [-0.05, 0) is 31.2 Å². The highest BCUT2D eigenvalue weighted by atomic mass is 32.2. The second-order valence-electron chi connectivity index (χ2n) is 7.27. The van der Waals surface area contributed by atoms with Crippen molar-refractivity contribution in [3.63, 3.8) is 0 Å². The highest BCUT2D eigenvalue weighted by Gasteiger charge is 2.28. The molecular weight excluding hydrogens is 338 g/mol. The number of hydrogen-bond donors (Lipinski definition) is 2. The predicted octanol–water partition coefficient (Wildman–Crippen LogP) is 1.22. The van der Waals surface area contributed by atoms with Gasteiger partial charge in [0.05, 0.1) is 23.7 Å². The lowest BCUT2D eigenvalue weighted by atomic mass is 9.96. The SMILES string of the molecule is Cn1ccc(CN=C(NCC2CCS(=O)(=O)C2)NC2CCCCC2)n1. The molecule has 2 aliphatic rings. The van der Waals surface area contributed by atoms with E-state index in [9.17, 15) is 8.42 Å². The molecule has 140 valence electrons. The maximum Gasteiger partial charge on any atom is 0.191 e. The number of aromatic nitrogens is 2. The van der Waals surface area contributed by atoms with Crippen LogP contribution in [0, 0.1) is 5.92 Å². The standard InChI is InChI=1S/C17H29N5O2S/c1-22-9-7-16(21-22)12-19-17(20-15-5-3-2-4-6-15)18-11-14-8-10-25(23,24)13-14/h7,9,14-15H,2-6,8,10-13H2,1H3,(H2,18,19,20). The summed E-state index contributed by atoms with van der Waals surface area (Å²) in [5.74, 6) is 1.56. The Balaban J connectivity index is 1.58. The van der Waals surface area contributed by atoms with E-state index in [1.54, 1.807) is 4.68 Å². The molecule has 8 heteroatoms. The quantitative estimate of drug-likeness (QED) is 0.603. The molecule has 25 heavy (non-hydrogen) atoms. The Bertz CT molecular complexity index is 692. The van der Waals surface area contributed by atoms with Crippen LogP contribution in [0.25, 0.3) is 0 Å². The van der Waals surface area contributed by atoms with E-state index in [4.69, 9.17) is 0 Å². The Kier molecular flexibility index (Phi) is 5.98. The third-order valence-electron chi connectivity index (χ3n) is 5.00. The zero-order valence-electron chi connectivity index (χ0n) is 14.9. The second-order valence-corrected chi connectivity index (χ2v) is 9.50. The van der Waals surface area contributed by atoms with Crippen molar-refractivity contribution in [2.24, 2.45) is 18.0 Å². The van der Waals surface area contributed by atoms with Crippen LogP contribution in [0.2, 0.25) is 0 Å². The van der Waals surface area contributed by atoms with Gasteiger partial charge in [0.15, 0.2) is 15.8 Å². The summed E-state index contributed by atoms with van der Waals surface area (Å²) in [6.45, 7) is 1.17. The van der Waals surface area contributed by atoms with Gasteiger partial charge in [-0.3, -0.25) is 4.68 Å². The van der Waals surface area contributed by atoms with Crippen molar-refractivity contribution in [3.8, 4) is 0 Å².